The van der Waals surface area contributed by atoms with Gasteiger partial charge < -0.3 is 14.3 Å². The summed E-state index contributed by atoms with van der Waals surface area (Å²) in [6, 6.07) is 0. The first kappa shape index (κ1) is 13.0. The first-order valence-electron chi connectivity index (χ1n) is 6.62. The molecule has 17 heavy (non-hydrogen) atoms. The second kappa shape index (κ2) is 5.94. The summed E-state index contributed by atoms with van der Waals surface area (Å²) in [6.45, 7) is 7.10. The fourth-order valence-electron chi connectivity index (χ4n) is 2.80. The zero-order chi connectivity index (χ0) is 12.1. The zero-order valence-electron chi connectivity index (χ0n) is 10.7. The van der Waals surface area contributed by atoms with Gasteiger partial charge in [-0.05, 0) is 26.2 Å². The first-order valence-corrected chi connectivity index (χ1v) is 6.62. The van der Waals surface area contributed by atoms with Crippen molar-refractivity contribution in [2.45, 2.75) is 32.3 Å². The zero-order valence-corrected chi connectivity index (χ0v) is 10.7. The molecule has 0 N–H and O–H groups in total. The lowest BCUT2D eigenvalue weighted by atomic mass is 9.83. The highest BCUT2D eigenvalue weighted by molar-refractivity contribution is 5.60. The molecule has 98 valence electrons. The van der Waals surface area contributed by atoms with E-state index in [4.69, 9.17) is 9.47 Å². The maximum atomic E-state index is 11.4. The summed E-state index contributed by atoms with van der Waals surface area (Å²) in [5.41, 5.74) is -0.275. The Hall–Kier alpha value is -0.450. The maximum absolute atomic E-state index is 11.4. The molecule has 0 amide bonds. The van der Waals surface area contributed by atoms with Crippen LogP contribution in [0.2, 0.25) is 0 Å². The molecule has 0 saturated carbocycles. The predicted molar refractivity (Wildman–Crippen MR) is 65.0 cm³/mol. The van der Waals surface area contributed by atoms with E-state index in [0.29, 0.717) is 6.61 Å². The van der Waals surface area contributed by atoms with E-state index < -0.39 is 0 Å². The van der Waals surface area contributed by atoms with E-state index in [2.05, 4.69) is 11.8 Å². The molecule has 4 heteroatoms. The second-order valence-electron chi connectivity index (χ2n) is 5.41. The van der Waals surface area contributed by atoms with Crippen molar-refractivity contribution in [1.29, 1.82) is 0 Å². The summed E-state index contributed by atoms with van der Waals surface area (Å²) in [5, 5.41) is 0. The third kappa shape index (κ3) is 3.50. The molecule has 2 aliphatic heterocycles. The fraction of sp³-hybridized carbons (Fsp3) is 0.923. The van der Waals surface area contributed by atoms with Crippen LogP contribution in [0.3, 0.4) is 0 Å². The minimum Gasteiger partial charge on any atom is -0.380 e. The number of carbonyl (C=O) groups excluding carboxylic acids is 1. The Morgan fingerprint density at radius 2 is 2.29 bits per heavy atom. The van der Waals surface area contributed by atoms with Crippen LogP contribution in [0.5, 0.6) is 0 Å². The fourth-order valence-corrected chi connectivity index (χ4v) is 2.80. The monoisotopic (exact) mass is 241 g/mol. The molecule has 0 aromatic rings. The maximum Gasteiger partial charge on any atom is 0.129 e. The molecule has 2 rings (SSSR count). The lowest BCUT2D eigenvalue weighted by molar-refractivity contribution is -0.125. The highest BCUT2D eigenvalue weighted by Crippen LogP contribution is 2.28. The number of rotatable bonds is 3. The summed E-state index contributed by atoms with van der Waals surface area (Å²) < 4.78 is 11.1. The summed E-state index contributed by atoms with van der Waals surface area (Å²) in [5.74, 6) is 0. The third-order valence-electron chi connectivity index (χ3n) is 3.68. The number of hydrogen-bond acceptors (Lipinski definition) is 4. The molecular weight excluding hydrogens is 218 g/mol. The topological polar surface area (TPSA) is 38.8 Å². The SMILES string of the molecule is CC1CN(CC2(C=O)CCCOC2)CCCO1. The van der Waals surface area contributed by atoms with E-state index in [1.54, 1.807) is 0 Å². The van der Waals surface area contributed by atoms with Gasteiger partial charge in [-0.2, -0.15) is 0 Å². The van der Waals surface area contributed by atoms with Crippen LogP contribution in [-0.2, 0) is 14.3 Å². The average molecular weight is 241 g/mol. The highest BCUT2D eigenvalue weighted by Gasteiger charge is 2.35. The molecule has 0 radical (unpaired) electrons. The minimum absolute atomic E-state index is 0.269. The van der Waals surface area contributed by atoms with Crippen LogP contribution >= 0.6 is 0 Å². The molecule has 2 heterocycles. The Morgan fingerprint density at radius 1 is 1.41 bits per heavy atom. The van der Waals surface area contributed by atoms with Gasteiger partial charge in [-0.15, -0.1) is 0 Å². The van der Waals surface area contributed by atoms with Gasteiger partial charge in [-0.1, -0.05) is 0 Å². The second-order valence-corrected chi connectivity index (χ2v) is 5.41. The van der Waals surface area contributed by atoms with Gasteiger partial charge in [0.2, 0.25) is 0 Å². The quantitative estimate of drug-likeness (QED) is 0.693. The van der Waals surface area contributed by atoms with Gasteiger partial charge in [-0.25, -0.2) is 0 Å². The van der Waals surface area contributed by atoms with E-state index in [1.165, 1.54) is 0 Å². The minimum atomic E-state index is -0.275. The van der Waals surface area contributed by atoms with Gasteiger partial charge in [0.1, 0.15) is 6.29 Å². The standard InChI is InChI=1S/C13H23NO3/c1-12-8-14(5-3-7-17-12)9-13(10-15)4-2-6-16-11-13/h10,12H,2-9,11H2,1H3. The predicted octanol–water partition coefficient (Wildman–Crippen LogP) is 1.09. The van der Waals surface area contributed by atoms with Crippen LogP contribution in [0.15, 0.2) is 0 Å². The number of carbonyl (C=O) groups is 1. The summed E-state index contributed by atoms with van der Waals surface area (Å²) >= 11 is 0. The van der Waals surface area contributed by atoms with Crippen molar-refractivity contribution in [3.05, 3.63) is 0 Å². The van der Waals surface area contributed by atoms with E-state index in [1.807, 2.05) is 0 Å². The smallest absolute Gasteiger partial charge is 0.129 e. The van der Waals surface area contributed by atoms with Crippen LogP contribution in [0.25, 0.3) is 0 Å². The van der Waals surface area contributed by atoms with Crippen LogP contribution in [-0.4, -0.2) is 56.7 Å². The lowest BCUT2D eigenvalue weighted by Gasteiger charge is -2.36. The molecule has 0 aliphatic carbocycles. The van der Waals surface area contributed by atoms with Crippen LogP contribution < -0.4 is 0 Å². The van der Waals surface area contributed by atoms with Crippen LogP contribution in [0, 0.1) is 5.41 Å². The largest absolute Gasteiger partial charge is 0.380 e. The molecule has 2 saturated heterocycles. The van der Waals surface area contributed by atoms with E-state index in [9.17, 15) is 4.79 Å². The lowest BCUT2D eigenvalue weighted by Crippen LogP contribution is -2.45. The van der Waals surface area contributed by atoms with Crippen molar-refractivity contribution in [3.8, 4) is 0 Å². The van der Waals surface area contributed by atoms with Crippen molar-refractivity contribution in [2.24, 2.45) is 5.41 Å². The van der Waals surface area contributed by atoms with E-state index >= 15 is 0 Å². The number of aldehydes is 1. The van der Waals surface area contributed by atoms with Gasteiger partial charge in [0, 0.05) is 32.8 Å². The normalized spacial score (nSPS) is 36.4. The Labute approximate surface area is 103 Å². The van der Waals surface area contributed by atoms with E-state index in [0.717, 1.165) is 58.4 Å². The molecular formula is C13H23NO3. The first-order chi connectivity index (χ1) is 8.24. The molecule has 2 aliphatic rings. The number of hydrogen-bond donors (Lipinski definition) is 0. The van der Waals surface area contributed by atoms with Crippen molar-refractivity contribution in [2.75, 3.05) is 39.5 Å². The summed E-state index contributed by atoms with van der Waals surface area (Å²) in [4.78, 5) is 13.7. The van der Waals surface area contributed by atoms with Crippen molar-refractivity contribution >= 4 is 6.29 Å². The Balaban J connectivity index is 1.94. The molecule has 0 spiro atoms. The number of nitrogens with zero attached hydrogens (tertiary/aromatic N) is 1. The molecule has 2 atom stereocenters. The highest BCUT2D eigenvalue weighted by atomic mass is 16.5. The van der Waals surface area contributed by atoms with Crippen LogP contribution in [0.4, 0.5) is 0 Å². The van der Waals surface area contributed by atoms with Crippen molar-refractivity contribution in [3.63, 3.8) is 0 Å². The van der Waals surface area contributed by atoms with Gasteiger partial charge in [0.15, 0.2) is 0 Å². The summed E-state index contributed by atoms with van der Waals surface area (Å²) in [7, 11) is 0. The third-order valence-corrected chi connectivity index (χ3v) is 3.68. The molecule has 0 bridgehead atoms. The molecule has 2 fully saturated rings. The van der Waals surface area contributed by atoms with Crippen molar-refractivity contribution < 1.29 is 14.3 Å². The summed E-state index contributed by atoms with van der Waals surface area (Å²) in [6.07, 6.45) is 4.40. The van der Waals surface area contributed by atoms with Gasteiger partial charge in [0.05, 0.1) is 18.1 Å². The molecule has 0 aromatic heterocycles. The van der Waals surface area contributed by atoms with Crippen LogP contribution in [0.1, 0.15) is 26.2 Å². The Kier molecular flexibility index (Phi) is 4.54. The Morgan fingerprint density at radius 3 is 3.00 bits per heavy atom. The molecule has 4 nitrogen and oxygen atoms in total. The average Bonchev–Trinajstić information content (AvgIpc) is 2.55. The van der Waals surface area contributed by atoms with E-state index in [-0.39, 0.29) is 11.5 Å². The Bertz CT molecular complexity index is 251. The molecule has 2 unspecified atom stereocenters. The molecule has 0 aromatic carbocycles. The van der Waals surface area contributed by atoms with Gasteiger partial charge in [0.25, 0.3) is 0 Å². The van der Waals surface area contributed by atoms with Gasteiger partial charge >= 0.3 is 0 Å². The number of ether oxygens (including phenoxy) is 2. The van der Waals surface area contributed by atoms with Gasteiger partial charge in [-0.3, -0.25) is 4.90 Å². The van der Waals surface area contributed by atoms with Crippen molar-refractivity contribution in [1.82, 2.24) is 4.90 Å².